The fourth-order valence-electron chi connectivity index (χ4n) is 3.81. The molecule has 0 spiro atoms. The molecular formula is C23H22F6N2O. The topological polar surface area (TPSA) is 26.7 Å². The first-order valence-corrected chi connectivity index (χ1v) is 9.89. The van der Waals surface area contributed by atoms with Gasteiger partial charge in [-0.15, -0.1) is 5.92 Å². The molecule has 1 unspecified atom stereocenters. The molecule has 1 atom stereocenters. The first kappa shape index (κ1) is 24.0. The zero-order chi connectivity index (χ0) is 23.6. The average Bonchev–Trinajstić information content (AvgIpc) is 2.73. The van der Waals surface area contributed by atoms with E-state index in [-0.39, 0.29) is 6.04 Å². The van der Waals surface area contributed by atoms with Gasteiger partial charge in [0.1, 0.15) is 6.04 Å². The number of piperazine rings is 1. The second kappa shape index (κ2) is 9.04. The van der Waals surface area contributed by atoms with Crippen LogP contribution in [-0.4, -0.2) is 48.0 Å². The monoisotopic (exact) mass is 456 g/mol. The molecular weight excluding hydrogens is 434 g/mol. The Bertz CT molecular complexity index is 946. The molecule has 0 amide bonds. The van der Waals surface area contributed by atoms with E-state index in [0.717, 1.165) is 17.7 Å². The van der Waals surface area contributed by atoms with E-state index in [2.05, 4.69) is 16.7 Å². The van der Waals surface area contributed by atoms with E-state index in [0.29, 0.717) is 44.0 Å². The molecule has 9 heteroatoms. The van der Waals surface area contributed by atoms with Crippen LogP contribution < -0.4 is 4.90 Å². The molecule has 172 valence electrons. The van der Waals surface area contributed by atoms with E-state index < -0.39 is 23.5 Å². The Morgan fingerprint density at radius 3 is 2.03 bits per heavy atom. The van der Waals surface area contributed by atoms with E-state index in [1.54, 1.807) is 6.92 Å². The van der Waals surface area contributed by atoms with Crippen molar-refractivity contribution in [2.45, 2.75) is 37.5 Å². The number of aliphatic hydroxyl groups is 1. The minimum Gasteiger partial charge on any atom is -0.369 e. The maximum atomic E-state index is 13.1. The van der Waals surface area contributed by atoms with Gasteiger partial charge in [0.05, 0.1) is 0 Å². The standard InChI is InChI=1S/C23H22F6N2O/c1-2-6-20-16-30(15-17-7-4-3-5-8-17)13-14-31(20)19-11-9-18(10-12-19)21(32,22(24,25)26)23(27,28)29/h3-5,7-12,20,32H,13-16H2,1H3. The van der Waals surface area contributed by atoms with Crippen molar-refractivity contribution in [1.29, 1.82) is 0 Å². The Balaban J connectivity index is 1.82. The fourth-order valence-corrected chi connectivity index (χ4v) is 3.81. The summed E-state index contributed by atoms with van der Waals surface area (Å²) < 4.78 is 78.7. The predicted molar refractivity (Wildman–Crippen MR) is 109 cm³/mol. The van der Waals surface area contributed by atoms with Crippen molar-refractivity contribution in [3.8, 4) is 11.8 Å². The number of alkyl halides is 6. The maximum absolute atomic E-state index is 13.1. The van der Waals surface area contributed by atoms with Gasteiger partial charge < -0.3 is 10.0 Å². The molecule has 1 aliphatic rings. The van der Waals surface area contributed by atoms with Gasteiger partial charge >= 0.3 is 12.4 Å². The largest absolute Gasteiger partial charge is 0.430 e. The van der Waals surface area contributed by atoms with Crippen molar-refractivity contribution >= 4 is 5.69 Å². The van der Waals surface area contributed by atoms with Gasteiger partial charge in [-0.1, -0.05) is 48.4 Å². The molecule has 1 fully saturated rings. The maximum Gasteiger partial charge on any atom is 0.430 e. The number of hydrogen-bond donors (Lipinski definition) is 1. The molecule has 3 rings (SSSR count). The minimum atomic E-state index is -5.91. The van der Waals surface area contributed by atoms with Crippen molar-refractivity contribution in [2.24, 2.45) is 0 Å². The highest BCUT2D eigenvalue weighted by Crippen LogP contribution is 2.50. The molecule has 3 nitrogen and oxygen atoms in total. The molecule has 2 aromatic carbocycles. The highest BCUT2D eigenvalue weighted by atomic mass is 19.4. The molecule has 1 saturated heterocycles. The van der Waals surface area contributed by atoms with Crippen LogP contribution in [0, 0.1) is 11.8 Å². The predicted octanol–water partition coefficient (Wildman–Crippen LogP) is 4.71. The molecule has 1 N–H and O–H groups in total. The summed E-state index contributed by atoms with van der Waals surface area (Å²) in [6, 6.07) is 13.2. The van der Waals surface area contributed by atoms with Crippen molar-refractivity contribution in [3.05, 3.63) is 65.7 Å². The normalized spacial score (nSPS) is 18.2. The van der Waals surface area contributed by atoms with Gasteiger partial charge in [-0.3, -0.25) is 4.90 Å². The van der Waals surface area contributed by atoms with E-state index in [1.807, 2.05) is 35.2 Å². The number of nitrogens with zero attached hydrogens (tertiary/aromatic N) is 2. The summed E-state index contributed by atoms with van der Waals surface area (Å²) in [5, 5.41) is 9.58. The van der Waals surface area contributed by atoms with Crippen LogP contribution >= 0.6 is 0 Å². The average molecular weight is 456 g/mol. The van der Waals surface area contributed by atoms with Gasteiger partial charge in [0.2, 0.25) is 0 Å². The second-order valence-corrected chi connectivity index (χ2v) is 7.58. The summed E-state index contributed by atoms with van der Waals surface area (Å²) in [5.74, 6) is 5.91. The van der Waals surface area contributed by atoms with Crippen LogP contribution in [0.15, 0.2) is 54.6 Å². The van der Waals surface area contributed by atoms with Crippen LogP contribution in [-0.2, 0) is 12.1 Å². The molecule has 0 bridgehead atoms. The van der Waals surface area contributed by atoms with Crippen molar-refractivity contribution in [1.82, 2.24) is 4.90 Å². The molecule has 1 heterocycles. The van der Waals surface area contributed by atoms with E-state index >= 15 is 0 Å². The van der Waals surface area contributed by atoms with Gasteiger partial charge in [0.25, 0.3) is 5.60 Å². The highest BCUT2D eigenvalue weighted by molar-refractivity contribution is 5.52. The van der Waals surface area contributed by atoms with Crippen LogP contribution in [0.3, 0.4) is 0 Å². The molecule has 2 aromatic rings. The lowest BCUT2D eigenvalue weighted by molar-refractivity contribution is -0.376. The lowest BCUT2D eigenvalue weighted by Gasteiger charge is -2.41. The second-order valence-electron chi connectivity index (χ2n) is 7.58. The van der Waals surface area contributed by atoms with E-state index in [1.165, 1.54) is 0 Å². The quantitative estimate of drug-likeness (QED) is 0.533. The van der Waals surface area contributed by atoms with Crippen molar-refractivity contribution in [2.75, 3.05) is 24.5 Å². The van der Waals surface area contributed by atoms with Gasteiger partial charge in [0, 0.05) is 37.4 Å². The number of anilines is 1. The third-order valence-corrected chi connectivity index (χ3v) is 5.46. The third kappa shape index (κ3) is 4.71. The molecule has 0 aliphatic carbocycles. The number of halogens is 6. The molecule has 1 aliphatic heterocycles. The van der Waals surface area contributed by atoms with Gasteiger partial charge in [0.15, 0.2) is 0 Å². The number of benzene rings is 2. The lowest BCUT2D eigenvalue weighted by Crippen LogP contribution is -2.54. The zero-order valence-electron chi connectivity index (χ0n) is 17.2. The van der Waals surface area contributed by atoms with E-state index in [4.69, 9.17) is 0 Å². The third-order valence-electron chi connectivity index (χ3n) is 5.46. The smallest absolute Gasteiger partial charge is 0.369 e. The summed E-state index contributed by atoms with van der Waals surface area (Å²) in [6.45, 7) is 4.08. The molecule has 0 radical (unpaired) electrons. The lowest BCUT2D eigenvalue weighted by atomic mass is 9.92. The first-order chi connectivity index (χ1) is 15.0. The Hall–Kier alpha value is -2.70. The van der Waals surface area contributed by atoms with Gasteiger partial charge in [-0.05, 0) is 24.6 Å². The molecule has 32 heavy (non-hydrogen) atoms. The molecule has 0 aromatic heterocycles. The number of rotatable bonds is 4. The Morgan fingerprint density at radius 1 is 0.906 bits per heavy atom. The summed E-state index contributed by atoms with van der Waals surface area (Å²) >= 11 is 0. The summed E-state index contributed by atoms with van der Waals surface area (Å²) in [4.78, 5) is 4.04. The minimum absolute atomic E-state index is 0.285. The highest BCUT2D eigenvalue weighted by Gasteiger charge is 2.71. The van der Waals surface area contributed by atoms with Gasteiger partial charge in [-0.2, -0.15) is 26.3 Å². The fraction of sp³-hybridized carbons (Fsp3) is 0.391. The van der Waals surface area contributed by atoms with E-state index in [9.17, 15) is 31.4 Å². The van der Waals surface area contributed by atoms with Crippen molar-refractivity contribution < 1.29 is 31.4 Å². The van der Waals surface area contributed by atoms with Crippen LogP contribution in [0.5, 0.6) is 0 Å². The summed E-state index contributed by atoms with van der Waals surface area (Å²) in [7, 11) is 0. The van der Waals surface area contributed by atoms with Gasteiger partial charge in [-0.25, -0.2) is 0 Å². The molecule has 0 saturated carbocycles. The summed E-state index contributed by atoms with van der Waals surface area (Å²) in [5.41, 5.74) is -4.64. The van der Waals surface area contributed by atoms with Crippen LogP contribution in [0.25, 0.3) is 0 Å². The summed E-state index contributed by atoms with van der Waals surface area (Å²) in [6.07, 6.45) is -11.8. The Labute approximate surface area is 182 Å². The van der Waals surface area contributed by atoms with Crippen LogP contribution in [0.1, 0.15) is 18.1 Å². The van der Waals surface area contributed by atoms with Crippen molar-refractivity contribution in [3.63, 3.8) is 0 Å². The first-order valence-electron chi connectivity index (χ1n) is 9.89. The number of hydrogen-bond acceptors (Lipinski definition) is 3. The zero-order valence-corrected chi connectivity index (χ0v) is 17.2. The van der Waals surface area contributed by atoms with Crippen LogP contribution in [0.4, 0.5) is 32.0 Å². The Morgan fingerprint density at radius 2 is 1.50 bits per heavy atom. The Kier molecular flexibility index (Phi) is 6.77. The SMILES string of the molecule is CC#CC1CN(Cc2ccccc2)CCN1c1ccc(C(O)(C(F)(F)F)C(F)(F)F)cc1. The van der Waals surface area contributed by atoms with Crippen LogP contribution in [0.2, 0.25) is 0 Å².